The molecule has 0 saturated carbocycles. The van der Waals surface area contributed by atoms with Crippen LogP contribution in [0.3, 0.4) is 0 Å². The fraction of sp³-hybridized carbons (Fsp3) is 0.400. The molecule has 4 nitrogen and oxygen atoms in total. The third-order valence-corrected chi connectivity index (χ3v) is 3.24. The molecule has 0 atom stereocenters. The number of aromatic nitrogens is 1. The first kappa shape index (κ1) is 13.8. The highest BCUT2D eigenvalue weighted by Crippen LogP contribution is 2.16. The quantitative estimate of drug-likeness (QED) is 0.865. The average molecular weight is 259 g/mol. The van der Waals surface area contributed by atoms with Crippen LogP contribution in [0.5, 0.6) is 0 Å². The molecule has 0 unspecified atom stereocenters. The van der Waals surface area contributed by atoms with E-state index in [9.17, 15) is 0 Å². The molecular weight excluding hydrogens is 238 g/mol. The Morgan fingerprint density at radius 1 is 1.26 bits per heavy atom. The molecule has 0 aromatic carbocycles. The van der Waals surface area contributed by atoms with E-state index in [2.05, 4.69) is 22.9 Å². The summed E-state index contributed by atoms with van der Waals surface area (Å²) in [6.45, 7) is 7.33. The van der Waals surface area contributed by atoms with Gasteiger partial charge in [-0.1, -0.05) is 6.92 Å². The Morgan fingerprint density at radius 2 is 2.00 bits per heavy atom. The molecule has 0 aliphatic rings. The number of nitrogens with zero attached hydrogens (tertiary/aromatic N) is 2. The Hall–Kier alpha value is -1.65. The lowest BCUT2D eigenvalue weighted by atomic mass is 10.2. The van der Waals surface area contributed by atoms with Gasteiger partial charge in [0.05, 0.1) is 13.1 Å². The first-order chi connectivity index (χ1) is 9.22. The van der Waals surface area contributed by atoms with Crippen molar-refractivity contribution in [3.8, 4) is 0 Å². The molecule has 2 aromatic heterocycles. The predicted octanol–water partition coefficient (Wildman–Crippen LogP) is 2.46. The van der Waals surface area contributed by atoms with Crippen LogP contribution < -0.4 is 5.73 Å². The van der Waals surface area contributed by atoms with E-state index in [1.807, 2.05) is 31.5 Å². The first-order valence-electron chi connectivity index (χ1n) is 6.62. The van der Waals surface area contributed by atoms with Gasteiger partial charge in [0.2, 0.25) is 0 Å². The van der Waals surface area contributed by atoms with E-state index in [1.165, 1.54) is 5.56 Å². The third kappa shape index (κ3) is 3.66. The van der Waals surface area contributed by atoms with Crippen molar-refractivity contribution < 1.29 is 4.42 Å². The van der Waals surface area contributed by atoms with Crippen molar-refractivity contribution in [3.63, 3.8) is 0 Å². The zero-order chi connectivity index (χ0) is 13.7. The fourth-order valence-electron chi connectivity index (χ4n) is 2.12. The second kappa shape index (κ2) is 6.50. The molecular formula is C15H21N3O. The summed E-state index contributed by atoms with van der Waals surface area (Å²) >= 11 is 0. The summed E-state index contributed by atoms with van der Waals surface area (Å²) in [5.74, 6) is 1.86. The molecule has 2 N–H and O–H groups in total. The van der Waals surface area contributed by atoms with Crippen LogP contribution in [0.15, 0.2) is 35.0 Å². The molecule has 0 aliphatic carbocycles. The highest BCUT2D eigenvalue weighted by Gasteiger charge is 2.10. The van der Waals surface area contributed by atoms with E-state index in [0.29, 0.717) is 6.54 Å². The number of aryl methyl sites for hydroxylation is 1. The average Bonchev–Trinajstić information content (AvgIpc) is 2.79. The lowest BCUT2D eigenvalue weighted by Gasteiger charge is -2.18. The highest BCUT2D eigenvalue weighted by molar-refractivity contribution is 5.20. The number of pyridine rings is 1. The Bertz CT molecular complexity index is 507. The van der Waals surface area contributed by atoms with Crippen LogP contribution in [0.4, 0.5) is 0 Å². The van der Waals surface area contributed by atoms with Crippen molar-refractivity contribution in [2.24, 2.45) is 5.73 Å². The number of nitrogens with two attached hydrogens (primary N) is 1. The first-order valence-corrected chi connectivity index (χ1v) is 6.62. The summed E-state index contributed by atoms with van der Waals surface area (Å²) in [7, 11) is 0. The van der Waals surface area contributed by atoms with Crippen LogP contribution in [0, 0.1) is 6.92 Å². The van der Waals surface area contributed by atoms with Crippen LogP contribution >= 0.6 is 0 Å². The van der Waals surface area contributed by atoms with Gasteiger partial charge in [0.15, 0.2) is 0 Å². The zero-order valence-electron chi connectivity index (χ0n) is 11.6. The largest absolute Gasteiger partial charge is 0.463 e. The summed E-state index contributed by atoms with van der Waals surface area (Å²) in [5.41, 5.74) is 8.04. The zero-order valence-corrected chi connectivity index (χ0v) is 11.6. The molecule has 0 aliphatic heterocycles. The predicted molar refractivity (Wildman–Crippen MR) is 75.4 cm³/mol. The van der Waals surface area contributed by atoms with Crippen LogP contribution in [-0.2, 0) is 19.6 Å². The van der Waals surface area contributed by atoms with Gasteiger partial charge in [0.25, 0.3) is 0 Å². The van der Waals surface area contributed by atoms with Gasteiger partial charge in [-0.05, 0) is 42.8 Å². The Balaban J connectivity index is 2.02. The van der Waals surface area contributed by atoms with E-state index in [0.717, 1.165) is 36.7 Å². The van der Waals surface area contributed by atoms with Gasteiger partial charge in [-0.2, -0.15) is 0 Å². The van der Waals surface area contributed by atoms with E-state index in [4.69, 9.17) is 10.2 Å². The number of hydrogen-bond donors (Lipinski definition) is 1. The highest BCUT2D eigenvalue weighted by atomic mass is 16.3. The normalized spacial score (nSPS) is 11.2. The molecule has 2 aromatic rings. The third-order valence-electron chi connectivity index (χ3n) is 3.24. The minimum absolute atomic E-state index is 0.461. The van der Waals surface area contributed by atoms with Crippen LogP contribution in [0.2, 0.25) is 0 Å². The van der Waals surface area contributed by atoms with Crippen molar-refractivity contribution in [1.29, 1.82) is 0 Å². The Kier molecular flexibility index (Phi) is 4.71. The maximum atomic E-state index is 5.75. The van der Waals surface area contributed by atoms with Gasteiger partial charge in [0.1, 0.15) is 11.5 Å². The number of furan rings is 1. The summed E-state index contributed by atoms with van der Waals surface area (Å²) in [5, 5.41) is 0. The molecule has 0 radical (unpaired) electrons. The van der Waals surface area contributed by atoms with E-state index in [1.54, 1.807) is 0 Å². The van der Waals surface area contributed by atoms with E-state index in [-0.39, 0.29) is 0 Å². The smallest absolute Gasteiger partial charge is 0.120 e. The van der Waals surface area contributed by atoms with Crippen molar-refractivity contribution in [1.82, 2.24) is 9.88 Å². The molecule has 19 heavy (non-hydrogen) atoms. The van der Waals surface area contributed by atoms with Gasteiger partial charge in [-0.3, -0.25) is 9.88 Å². The Morgan fingerprint density at radius 3 is 2.58 bits per heavy atom. The minimum Gasteiger partial charge on any atom is -0.463 e. The molecule has 0 spiro atoms. The van der Waals surface area contributed by atoms with Gasteiger partial charge in [-0.15, -0.1) is 0 Å². The maximum Gasteiger partial charge on any atom is 0.120 e. The molecule has 0 saturated heterocycles. The lowest BCUT2D eigenvalue weighted by Crippen LogP contribution is -2.22. The molecule has 0 amide bonds. The van der Waals surface area contributed by atoms with Crippen LogP contribution in [0.1, 0.15) is 29.6 Å². The molecule has 102 valence electrons. The number of hydrogen-bond acceptors (Lipinski definition) is 4. The van der Waals surface area contributed by atoms with Crippen LogP contribution in [0.25, 0.3) is 0 Å². The molecule has 2 heterocycles. The van der Waals surface area contributed by atoms with Crippen LogP contribution in [-0.4, -0.2) is 16.4 Å². The summed E-state index contributed by atoms with van der Waals surface area (Å²) in [6.07, 6.45) is 3.65. The molecule has 4 heteroatoms. The fourth-order valence-corrected chi connectivity index (χ4v) is 2.12. The van der Waals surface area contributed by atoms with Gasteiger partial charge >= 0.3 is 0 Å². The van der Waals surface area contributed by atoms with E-state index < -0.39 is 0 Å². The Labute approximate surface area is 114 Å². The summed E-state index contributed by atoms with van der Waals surface area (Å²) in [6, 6.07) is 6.17. The standard InChI is InChI=1S/C15H21N3O/c1-3-18(10-13-4-6-17-7-5-13)11-14-8-12(2)15(9-16)19-14/h4-8H,3,9-11,16H2,1-2H3. The van der Waals surface area contributed by atoms with Crippen molar-refractivity contribution in [2.45, 2.75) is 33.5 Å². The maximum absolute atomic E-state index is 5.75. The molecule has 0 bridgehead atoms. The van der Waals surface area contributed by atoms with Gasteiger partial charge in [-0.25, -0.2) is 0 Å². The lowest BCUT2D eigenvalue weighted by molar-refractivity contribution is 0.245. The molecule has 0 fully saturated rings. The monoisotopic (exact) mass is 259 g/mol. The van der Waals surface area contributed by atoms with Gasteiger partial charge in [0, 0.05) is 18.9 Å². The van der Waals surface area contributed by atoms with Crippen molar-refractivity contribution >= 4 is 0 Å². The topological polar surface area (TPSA) is 55.3 Å². The second-order valence-electron chi connectivity index (χ2n) is 4.68. The number of rotatable bonds is 6. The minimum atomic E-state index is 0.461. The van der Waals surface area contributed by atoms with Crippen molar-refractivity contribution in [2.75, 3.05) is 6.54 Å². The summed E-state index contributed by atoms with van der Waals surface area (Å²) in [4.78, 5) is 6.36. The molecule has 2 rings (SSSR count). The summed E-state index contributed by atoms with van der Waals surface area (Å²) < 4.78 is 5.75. The SMILES string of the molecule is CCN(Cc1ccncc1)Cc1cc(C)c(CN)o1. The van der Waals surface area contributed by atoms with Gasteiger partial charge < -0.3 is 10.2 Å². The second-order valence-corrected chi connectivity index (χ2v) is 4.68. The van der Waals surface area contributed by atoms with Crippen molar-refractivity contribution in [3.05, 3.63) is 53.2 Å². The van der Waals surface area contributed by atoms with E-state index >= 15 is 0 Å².